The largest absolute Gasteiger partial charge is 0.336 e. The van der Waals surface area contributed by atoms with E-state index >= 15 is 0 Å². The van der Waals surface area contributed by atoms with Crippen LogP contribution in [-0.2, 0) is 10.0 Å². The van der Waals surface area contributed by atoms with Crippen molar-refractivity contribution in [3.05, 3.63) is 29.8 Å². The molecule has 1 amide bonds. The summed E-state index contributed by atoms with van der Waals surface area (Å²) in [5, 5.41) is 0. The van der Waals surface area contributed by atoms with Gasteiger partial charge in [-0.05, 0) is 56.9 Å². The molecule has 22 heavy (non-hydrogen) atoms. The van der Waals surface area contributed by atoms with E-state index in [-0.39, 0.29) is 17.7 Å². The van der Waals surface area contributed by atoms with E-state index in [0.717, 1.165) is 19.4 Å². The topological polar surface area (TPSA) is 57.7 Å². The Morgan fingerprint density at radius 3 is 2.41 bits per heavy atom. The van der Waals surface area contributed by atoms with E-state index in [9.17, 15) is 13.2 Å². The molecule has 120 valence electrons. The Morgan fingerprint density at radius 2 is 1.82 bits per heavy atom. The third-order valence-electron chi connectivity index (χ3n) is 4.57. The van der Waals surface area contributed by atoms with Crippen molar-refractivity contribution in [3.63, 3.8) is 0 Å². The lowest BCUT2D eigenvalue weighted by atomic mass is 10.0. The second-order valence-electron chi connectivity index (χ2n) is 6.13. The Kier molecular flexibility index (Phi) is 4.12. The zero-order valence-electron chi connectivity index (χ0n) is 12.9. The Hall–Kier alpha value is -1.56. The fourth-order valence-electron chi connectivity index (χ4n) is 3.27. The van der Waals surface area contributed by atoms with Gasteiger partial charge in [-0.25, -0.2) is 8.42 Å². The average molecular weight is 322 g/mol. The number of hydrogen-bond acceptors (Lipinski definition) is 3. The van der Waals surface area contributed by atoms with Crippen LogP contribution in [-0.4, -0.2) is 44.1 Å². The van der Waals surface area contributed by atoms with E-state index in [4.69, 9.17) is 0 Å². The molecule has 1 unspecified atom stereocenters. The summed E-state index contributed by atoms with van der Waals surface area (Å²) in [6.07, 6.45) is 3.95. The van der Waals surface area contributed by atoms with Crippen molar-refractivity contribution in [1.29, 1.82) is 0 Å². The number of piperidine rings is 1. The lowest BCUT2D eigenvalue weighted by molar-refractivity contribution is 0.0635. The Labute approximate surface area is 132 Å². The highest BCUT2D eigenvalue weighted by molar-refractivity contribution is 7.93. The Balaban J connectivity index is 1.78. The summed E-state index contributed by atoms with van der Waals surface area (Å²) in [4.78, 5) is 14.5. The zero-order chi connectivity index (χ0) is 15.7. The van der Waals surface area contributed by atoms with Crippen molar-refractivity contribution < 1.29 is 13.2 Å². The summed E-state index contributed by atoms with van der Waals surface area (Å²) < 4.78 is 25.3. The molecule has 5 nitrogen and oxygen atoms in total. The molecule has 2 heterocycles. The molecule has 0 aromatic heterocycles. The maximum absolute atomic E-state index is 12.6. The van der Waals surface area contributed by atoms with Crippen molar-refractivity contribution in [2.75, 3.05) is 23.1 Å². The number of nitrogens with zero attached hydrogens (tertiary/aromatic N) is 2. The monoisotopic (exact) mass is 322 g/mol. The smallest absolute Gasteiger partial charge is 0.254 e. The van der Waals surface area contributed by atoms with E-state index in [0.29, 0.717) is 24.2 Å². The first-order valence-electron chi connectivity index (χ1n) is 7.90. The number of carbonyl (C=O) groups excluding carboxylic acids is 1. The minimum absolute atomic E-state index is 0.0445. The van der Waals surface area contributed by atoms with Gasteiger partial charge in [0.05, 0.1) is 11.4 Å². The Bertz CT molecular complexity index is 654. The van der Waals surface area contributed by atoms with Gasteiger partial charge in [-0.3, -0.25) is 9.10 Å². The van der Waals surface area contributed by atoms with Gasteiger partial charge in [-0.1, -0.05) is 0 Å². The van der Waals surface area contributed by atoms with Gasteiger partial charge in [-0.15, -0.1) is 0 Å². The molecule has 0 saturated carbocycles. The van der Waals surface area contributed by atoms with Crippen LogP contribution in [0.3, 0.4) is 0 Å². The van der Waals surface area contributed by atoms with E-state index in [1.54, 1.807) is 24.3 Å². The lowest BCUT2D eigenvalue weighted by Crippen LogP contribution is -2.42. The van der Waals surface area contributed by atoms with Crippen LogP contribution in [0.5, 0.6) is 0 Å². The number of amides is 1. The fraction of sp³-hybridized carbons (Fsp3) is 0.562. The van der Waals surface area contributed by atoms with Gasteiger partial charge in [0, 0.05) is 24.7 Å². The number of likely N-dealkylation sites (tertiary alicyclic amines) is 1. The van der Waals surface area contributed by atoms with Crippen LogP contribution in [0.4, 0.5) is 5.69 Å². The highest BCUT2D eigenvalue weighted by atomic mass is 32.2. The highest BCUT2D eigenvalue weighted by Crippen LogP contribution is 2.25. The van der Waals surface area contributed by atoms with Gasteiger partial charge in [0.1, 0.15) is 0 Å². The van der Waals surface area contributed by atoms with Crippen LogP contribution in [0.15, 0.2) is 24.3 Å². The first-order chi connectivity index (χ1) is 10.5. The van der Waals surface area contributed by atoms with Crippen LogP contribution in [0, 0.1) is 0 Å². The number of benzene rings is 1. The molecule has 1 atom stereocenters. The molecule has 2 fully saturated rings. The predicted molar refractivity (Wildman–Crippen MR) is 86.5 cm³/mol. The zero-order valence-corrected chi connectivity index (χ0v) is 13.7. The summed E-state index contributed by atoms with van der Waals surface area (Å²) in [5.74, 6) is 0.252. The highest BCUT2D eigenvalue weighted by Gasteiger charge is 2.29. The average Bonchev–Trinajstić information content (AvgIpc) is 2.87. The number of sulfonamides is 1. The lowest BCUT2D eigenvalue weighted by Gasteiger charge is -2.33. The second kappa shape index (κ2) is 5.91. The maximum atomic E-state index is 12.6. The molecule has 2 aliphatic rings. The molecule has 2 aliphatic heterocycles. The number of anilines is 1. The third-order valence-corrected chi connectivity index (χ3v) is 6.43. The summed E-state index contributed by atoms with van der Waals surface area (Å²) >= 11 is 0. The molecule has 0 N–H and O–H groups in total. The van der Waals surface area contributed by atoms with Gasteiger partial charge in [0.2, 0.25) is 10.0 Å². The quantitative estimate of drug-likeness (QED) is 0.839. The van der Waals surface area contributed by atoms with Crippen LogP contribution < -0.4 is 4.31 Å². The standard InChI is InChI=1S/C16H22N2O3S/c1-13-5-2-3-10-17(13)16(19)14-6-8-15(9-7-14)18-11-4-12-22(18,20)21/h6-9,13H,2-5,10-12H2,1H3. The number of hydrogen-bond donors (Lipinski definition) is 0. The van der Waals surface area contributed by atoms with Crippen molar-refractivity contribution >= 4 is 21.6 Å². The molecular formula is C16H22N2O3S. The van der Waals surface area contributed by atoms with Gasteiger partial charge in [0.15, 0.2) is 0 Å². The van der Waals surface area contributed by atoms with E-state index in [2.05, 4.69) is 6.92 Å². The normalized spacial score (nSPS) is 24.5. The van der Waals surface area contributed by atoms with Gasteiger partial charge < -0.3 is 4.90 Å². The number of rotatable bonds is 2. The minimum atomic E-state index is -3.16. The molecule has 1 aromatic rings. The van der Waals surface area contributed by atoms with Crippen LogP contribution in [0.1, 0.15) is 43.0 Å². The summed E-state index contributed by atoms with van der Waals surface area (Å²) in [6.45, 7) is 3.42. The molecule has 3 rings (SSSR count). The van der Waals surface area contributed by atoms with E-state index < -0.39 is 10.0 Å². The maximum Gasteiger partial charge on any atom is 0.254 e. The molecule has 0 aliphatic carbocycles. The molecule has 2 saturated heterocycles. The molecule has 0 spiro atoms. The van der Waals surface area contributed by atoms with E-state index in [1.165, 1.54) is 10.7 Å². The van der Waals surface area contributed by atoms with Crippen molar-refractivity contribution in [2.24, 2.45) is 0 Å². The molecule has 6 heteroatoms. The summed E-state index contributed by atoms with van der Waals surface area (Å²) in [7, 11) is -3.16. The van der Waals surface area contributed by atoms with Crippen LogP contribution in [0.2, 0.25) is 0 Å². The first kappa shape index (κ1) is 15.3. The molecule has 1 aromatic carbocycles. The van der Waals surface area contributed by atoms with Crippen molar-refractivity contribution in [2.45, 2.75) is 38.6 Å². The summed E-state index contributed by atoms with van der Waals surface area (Å²) in [5.41, 5.74) is 1.29. The van der Waals surface area contributed by atoms with Crippen LogP contribution in [0.25, 0.3) is 0 Å². The molecule has 0 bridgehead atoms. The van der Waals surface area contributed by atoms with Gasteiger partial charge >= 0.3 is 0 Å². The molecular weight excluding hydrogens is 300 g/mol. The number of carbonyl (C=O) groups is 1. The van der Waals surface area contributed by atoms with Gasteiger partial charge in [-0.2, -0.15) is 0 Å². The van der Waals surface area contributed by atoms with Crippen LogP contribution >= 0.6 is 0 Å². The van der Waals surface area contributed by atoms with Crippen molar-refractivity contribution in [3.8, 4) is 0 Å². The minimum Gasteiger partial charge on any atom is -0.336 e. The Morgan fingerprint density at radius 1 is 1.09 bits per heavy atom. The predicted octanol–water partition coefficient (Wildman–Crippen LogP) is 2.24. The SMILES string of the molecule is CC1CCCCN1C(=O)c1ccc(N2CCCS2(=O)=O)cc1. The first-order valence-corrected chi connectivity index (χ1v) is 9.51. The summed E-state index contributed by atoms with van der Waals surface area (Å²) in [6, 6.07) is 7.25. The fourth-order valence-corrected chi connectivity index (χ4v) is 4.83. The van der Waals surface area contributed by atoms with Crippen molar-refractivity contribution in [1.82, 2.24) is 4.90 Å². The second-order valence-corrected chi connectivity index (χ2v) is 8.14. The van der Waals surface area contributed by atoms with E-state index in [1.807, 2.05) is 4.90 Å². The molecule has 0 radical (unpaired) electrons. The van der Waals surface area contributed by atoms with Gasteiger partial charge in [0.25, 0.3) is 5.91 Å². The third kappa shape index (κ3) is 2.84.